The van der Waals surface area contributed by atoms with Crippen LogP contribution in [0.15, 0.2) is 24.3 Å². The summed E-state index contributed by atoms with van der Waals surface area (Å²) in [7, 11) is 0. The second-order valence-corrected chi connectivity index (χ2v) is 6.73. The molecule has 3 heteroatoms. The third kappa shape index (κ3) is 3.60. The lowest BCUT2D eigenvalue weighted by Crippen LogP contribution is -2.37. The van der Waals surface area contributed by atoms with Crippen LogP contribution in [0.3, 0.4) is 0 Å². The third-order valence-electron chi connectivity index (χ3n) is 4.16. The molecule has 0 aliphatic carbocycles. The van der Waals surface area contributed by atoms with Crippen molar-refractivity contribution in [3.05, 3.63) is 35.4 Å². The van der Waals surface area contributed by atoms with Gasteiger partial charge in [0.1, 0.15) is 6.04 Å². The van der Waals surface area contributed by atoms with Crippen LogP contribution in [0.4, 0.5) is 0 Å². The molecule has 1 fully saturated rings. The zero-order valence-corrected chi connectivity index (χ0v) is 12.7. The zero-order valence-electron chi connectivity index (χ0n) is 12.7. The van der Waals surface area contributed by atoms with Gasteiger partial charge < -0.3 is 5.11 Å². The number of aliphatic carboxylic acids is 1. The Morgan fingerprint density at radius 2 is 1.95 bits per heavy atom. The zero-order chi connectivity index (χ0) is 14.8. The molecule has 1 N–H and O–H groups in total. The average Bonchev–Trinajstić information content (AvgIpc) is 2.84. The van der Waals surface area contributed by atoms with Crippen LogP contribution < -0.4 is 0 Å². The molecular weight excluding hydrogens is 250 g/mol. The van der Waals surface area contributed by atoms with E-state index in [2.05, 4.69) is 49.9 Å². The lowest BCUT2D eigenvalue weighted by molar-refractivity contribution is -0.142. The number of likely N-dealkylation sites (tertiary alicyclic amines) is 1. The molecule has 0 saturated carbocycles. The van der Waals surface area contributed by atoms with E-state index < -0.39 is 5.97 Å². The first kappa shape index (κ1) is 15.0. The summed E-state index contributed by atoms with van der Waals surface area (Å²) in [5.74, 6) is -0.675. The summed E-state index contributed by atoms with van der Waals surface area (Å²) >= 11 is 0. The molecule has 2 rings (SSSR count). The fraction of sp³-hybridized carbons (Fsp3) is 0.588. The van der Waals surface area contributed by atoms with E-state index in [9.17, 15) is 4.79 Å². The van der Waals surface area contributed by atoms with Crippen LogP contribution in [0.2, 0.25) is 0 Å². The fourth-order valence-corrected chi connectivity index (χ4v) is 2.82. The highest BCUT2D eigenvalue weighted by atomic mass is 16.4. The van der Waals surface area contributed by atoms with Gasteiger partial charge in [-0.05, 0) is 42.3 Å². The van der Waals surface area contributed by atoms with E-state index in [1.807, 2.05) is 0 Å². The summed E-state index contributed by atoms with van der Waals surface area (Å²) < 4.78 is 0. The Hall–Kier alpha value is -1.35. The van der Waals surface area contributed by atoms with Gasteiger partial charge in [-0.1, -0.05) is 45.0 Å². The first-order valence-electron chi connectivity index (χ1n) is 7.44. The molecule has 20 heavy (non-hydrogen) atoms. The third-order valence-corrected chi connectivity index (χ3v) is 4.16. The Labute approximate surface area is 121 Å². The molecule has 1 atom stereocenters. The summed E-state index contributed by atoms with van der Waals surface area (Å²) in [4.78, 5) is 13.2. The molecule has 1 aliphatic rings. The van der Waals surface area contributed by atoms with Gasteiger partial charge in [0, 0.05) is 6.54 Å². The Balaban J connectivity index is 1.93. The Kier molecular flexibility index (Phi) is 4.48. The van der Waals surface area contributed by atoms with E-state index in [4.69, 9.17) is 5.11 Å². The highest BCUT2D eigenvalue weighted by Crippen LogP contribution is 2.23. The first-order chi connectivity index (χ1) is 9.38. The van der Waals surface area contributed by atoms with Crippen molar-refractivity contribution < 1.29 is 9.90 Å². The van der Waals surface area contributed by atoms with Crippen molar-refractivity contribution in [2.45, 2.75) is 51.5 Å². The number of carbonyl (C=O) groups is 1. The quantitative estimate of drug-likeness (QED) is 0.918. The Morgan fingerprint density at radius 1 is 1.30 bits per heavy atom. The second kappa shape index (κ2) is 5.96. The molecule has 0 aromatic heterocycles. The van der Waals surface area contributed by atoms with Crippen molar-refractivity contribution in [1.29, 1.82) is 0 Å². The lowest BCUT2D eigenvalue weighted by Gasteiger charge is -2.22. The van der Waals surface area contributed by atoms with Crippen molar-refractivity contribution in [1.82, 2.24) is 4.90 Å². The number of benzene rings is 1. The summed E-state index contributed by atoms with van der Waals surface area (Å²) in [6.45, 7) is 8.39. The highest BCUT2D eigenvalue weighted by Gasteiger charge is 2.29. The minimum Gasteiger partial charge on any atom is -0.480 e. The molecule has 0 amide bonds. The van der Waals surface area contributed by atoms with E-state index in [0.29, 0.717) is 0 Å². The number of hydrogen-bond donors (Lipinski definition) is 1. The predicted molar refractivity (Wildman–Crippen MR) is 81.1 cm³/mol. The van der Waals surface area contributed by atoms with Crippen molar-refractivity contribution in [2.75, 3.05) is 13.1 Å². The van der Waals surface area contributed by atoms with Gasteiger partial charge >= 0.3 is 5.97 Å². The molecule has 0 bridgehead atoms. The monoisotopic (exact) mass is 275 g/mol. The number of carboxylic acid groups (broad SMARTS) is 1. The molecule has 0 radical (unpaired) electrons. The van der Waals surface area contributed by atoms with Gasteiger partial charge in [-0.2, -0.15) is 0 Å². The molecule has 1 aliphatic heterocycles. The largest absolute Gasteiger partial charge is 0.480 e. The van der Waals surface area contributed by atoms with E-state index in [0.717, 1.165) is 32.4 Å². The van der Waals surface area contributed by atoms with Gasteiger partial charge in [0.25, 0.3) is 0 Å². The second-order valence-electron chi connectivity index (χ2n) is 6.73. The first-order valence-corrected chi connectivity index (χ1v) is 7.44. The Morgan fingerprint density at radius 3 is 2.50 bits per heavy atom. The van der Waals surface area contributed by atoms with Crippen molar-refractivity contribution in [3.8, 4) is 0 Å². The van der Waals surface area contributed by atoms with E-state index >= 15 is 0 Å². The van der Waals surface area contributed by atoms with E-state index in [1.54, 1.807) is 0 Å². The maximum absolute atomic E-state index is 11.1. The molecule has 1 saturated heterocycles. The molecule has 3 nitrogen and oxygen atoms in total. The van der Waals surface area contributed by atoms with Crippen LogP contribution in [0.5, 0.6) is 0 Å². The summed E-state index contributed by atoms with van der Waals surface area (Å²) in [5.41, 5.74) is 2.81. The van der Waals surface area contributed by atoms with Crippen LogP contribution in [-0.2, 0) is 16.6 Å². The van der Waals surface area contributed by atoms with Crippen LogP contribution in [0.25, 0.3) is 0 Å². The maximum Gasteiger partial charge on any atom is 0.320 e. The van der Waals surface area contributed by atoms with Gasteiger partial charge in [-0.25, -0.2) is 0 Å². The smallest absolute Gasteiger partial charge is 0.320 e. The van der Waals surface area contributed by atoms with Gasteiger partial charge in [0.2, 0.25) is 0 Å². The topological polar surface area (TPSA) is 40.5 Å². The van der Waals surface area contributed by atoms with E-state index in [1.165, 1.54) is 11.1 Å². The molecule has 0 spiro atoms. The number of carboxylic acids is 1. The van der Waals surface area contributed by atoms with Crippen LogP contribution in [-0.4, -0.2) is 35.1 Å². The van der Waals surface area contributed by atoms with Crippen LogP contribution >= 0.6 is 0 Å². The maximum atomic E-state index is 11.1. The predicted octanol–water partition coefficient (Wildman–Crippen LogP) is 3.08. The summed E-state index contributed by atoms with van der Waals surface area (Å²) in [6.07, 6.45) is 2.71. The fourth-order valence-electron chi connectivity index (χ4n) is 2.82. The van der Waals surface area contributed by atoms with Crippen LogP contribution in [0.1, 0.15) is 44.7 Å². The standard InChI is InChI=1S/C17H25NO2/c1-17(2,3)14-8-6-13(7-9-14)10-12-18-11-4-5-15(18)16(19)20/h6-9,15H,4-5,10-12H2,1-3H3,(H,19,20)/t15-/m1/s1. The van der Waals surface area contributed by atoms with E-state index in [-0.39, 0.29) is 11.5 Å². The van der Waals surface area contributed by atoms with Gasteiger partial charge in [-0.15, -0.1) is 0 Å². The molecule has 110 valence electrons. The summed E-state index contributed by atoms with van der Waals surface area (Å²) in [6, 6.07) is 8.45. The molecule has 1 heterocycles. The van der Waals surface area contributed by atoms with Crippen molar-refractivity contribution in [3.63, 3.8) is 0 Å². The molecule has 0 unspecified atom stereocenters. The SMILES string of the molecule is CC(C)(C)c1ccc(CCN2CCC[C@@H]2C(=O)O)cc1. The minimum absolute atomic E-state index is 0.182. The number of nitrogens with zero attached hydrogens (tertiary/aromatic N) is 1. The number of hydrogen-bond acceptors (Lipinski definition) is 2. The van der Waals surface area contributed by atoms with Crippen LogP contribution in [0, 0.1) is 0 Å². The van der Waals surface area contributed by atoms with Gasteiger partial charge in [0.05, 0.1) is 0 Å². The van der Waals surface area contributed by atoms with Crippen molar-refractivity contribution >= 4 is 5.97 Å². The number of rotatable bonds is 4. The minimum atomic E-state index is -0.675. The summed E-state index contributed by atoms with van der Waals surface area (Å²) in [5, 5.41) is 9.17. The molecular formula is C17H25NO2. The highest BCUT2D eigenvalue weighted by molar-refractivity contribution is 5.73. The normalized spacial score (nSPS) is 20.2. The Bertz CT molecular complexity index is 459. The van der Waals surface area contributed by atoms with Crippen molar-refractivity contribution in [2.24, 2.45) is 0 Å². The van der Waals surface area contributed by atoms with Gasteiger partial charge in [-0.3, -0.25) is 9.69 Å². The molecule has 1 aromatic rings. The molecule has 1 aromatic carbocycles. The van der Waals surface area contributed by atoms with Gasteiger partial charge in [0.15, 0.2) is 0 Å². The lowest BCUT2D eigenvalue weighted by atomic mass is 9.86. The average molecular weight is 275 g/mol.